The number of methoxy groups -OCH3 is 3. The van der Waals surface area contributed by atoms with Gasteiger partial charge in [-0.05, 0) is 162 Å². The van der Waals surface area contributed by atoms with Crippen LogP contribution in [0.25, 0.3) is 34.2 Å². The molecule has 4 amide bonds. The van der Waals surface area contributed by atoms with E-state index in [0.717, 1.165) is 9.40 Å². The van der Waals surface area contributed by atoms with Gasteiger partial charge >= 0.3 is 124 Å². The van der Waals surface area contributed by atoms with Crippen molar-refractivity contribution in [1.82, 2.24) is 89.7 Å². The number of hydrogen-bond donors (Lipinski definition) is 4. The number of carbonyl (C=O) groups excluding carboxylic acids is 7. The van der Waals surface area contributed by atoms with Gasteiger partial charge in [0.05, 0.1) is 130 Å². The molecule has 0 unspecified atom stereocenters. The maximum Gasteiger partial charge on any atom is 0.420 e. The quantitative estimate of drug-likeness (QED) is 0.0238. The second kappa shape index (κ2) is 51.4. The van der Waals surface area contributed by atoms with Crippen molar-refractivity contribution < 1.29 is 71.8 Å². The maximum absolute atomic E-state index is 13.1. The van der Waals surface area contributed by atoms with Gasteiger partial charge in [-0.2, -0.15) is 0 Å². The summed E-state index contributed by atoms with van der Waals surface area (Å²) in [5, 5.41) is 20.0. The first-order chi connectivity index (χ1) is 65.2. The zero-order chi connectivity index (χ0) is 101. The van der Waals surface area contributed by atoms with Gasteiger partial charge in [0.1, 0.15) is 78.5 Å². The molecule has 0 radical (unpaired) electrons. The van der Waals surface area contributed by atoms with E-state index in [1.54, 1.807) is 199 Å². The summed E-state index contributed by atoms with van der Waals surface area (Å²) in [6.07, 6.45) is 24.5. The summed E-state index contributed by atoms with van der Waals surface area (Å²) in [6.45, 7) is 21.9. The first-order valence-electron chi connectivity index (χ1n) is 41.4. The smallest absolute Gasteiger partial charge is 0.420 e. The third-order valence-electron chi connectivity index (χ3n) is 16.3. The average molecular weight is 2110 g/mol. The fourth-order valence-electron chi connectivity index (χ4n) is 10.6. The van der Waals surface area contributed by atoms with E-state index >= 15 is 0 Å². The van der Waals surface area contributed by atoms with Crippen LogP contribution in [0.4, 0.5) is 76.8 Å². The Morgan fingerprint density at radius 1 is 0.355 bits per heavy atom. The average Bonchev–Trinajstić information content (AvgIpc) is 0.808. The summed E-state index contributed by atoms with van der Waals surface area (Å²) < 4.78 is 36.4. The van der Waals surface area contributed by atoms with E-state index in [0.29, 0.717) is 95.9 Å². The number of aliphatic hydroxyl groups excluding tert-OH is 1. The van der Waals surface area contributed by atoms with Gasteiger partial charge in [0.2, 0.25) is 0 Å². The number of benzene rings is 4. The van der Waals surface area contributed by atoms with Crippen LogP contribution < -0.4 is 34.4 Å². The molecule has 4 aromatic carbocycles. The molecule has 46 heteroatoms. The Bertz CT molecular complexity index is 6310. The summed E-state index contributed by atoms with van der Waals surface area (Å²) in [6, 6.07) is 27.6. The normalized spacial score (nSPS) is 10.9. The van der Waals surface area contributed by atoms with Crippen molar-refractivity contribution in [2.45, 2.75) is 127 Å². The zero-order valence-electron chi connectivity index (χ0n) is 78.1. The molecule has 9 heterocycles. The summed E-state index contributed by atoms with van der Waals surface area (Å²) in [5.74, 6) is 0.404. The van der Waals surface area contributed by atoms with Gasteiger partial charge in [0.15, 0.2) is 34.7 Å². The zero-order valence-corrected chi connectivity index (χ0v) is 85.5. The van der Waals surface area contributed by atoms with Crippen LogP contribution in [0, 0.1) is 0 Å². The number of aliphatic hydroxyl groups is 1. The second-order valence-electron chi connectivity index (χ2n) is 33.3. The SMILES string of the molecule is CC(C)(C)OC(=O)N(c1cccc(Cl)c1)c1cncc(Cl)n1.CC(C)(C)OC(=O)Nc1cncc(-c2cncc(N(C(=O)OC(C)(C)C)c3cccc(Cl)c3)n2)n1.COC(=O)c1cnc[c]([Sn]([CH3])([CH3])[CH3])n1.COC(=O)c1cncc(-c2cncc(N(C(=O)OC(C)(C)C)c3cccc(Cl)c3)n2)n1.COC(=O)c1cncc(Cl)n1.OCCCNc1cncc(-c2cncc(Nc3cccc(Cl)c3)n2)n1. The third-order valence-corrected chi connectivity index (χ3v) is 22.7. The summed E-state index contributed by atoms with van der Waals surface area (Å²) in [7, 11) is 3.86. The number of carbonyl (C=O) groups is 7. The minimum atomic E-state index is -2.22. The van der Waals surface area contributed by atoms with Crippen LogP contribution in [0.3, 0.4) is 0 Å². The van der Waals surface area contributed by atoms with Crippen molar-refractivity contribution in [3.63, 3.8) is 0 Å². The van der Waals surface area contributed by atoms with Crippen LogP contribution >= 0.6 is 69.6 Å². The Labute approximate surface area is 829 Å². The minimum Gasteiger partial charge on any atom is -0.464 e. The molecule has 0 fully saturated rings. The van der Waals surface area contributed by atoms with Gasteiger partial charge in [-0.25, -0.2) is 83.3 Å². The van der Waals surface area contributed by atoms with Gasteiger partial charge in [-0.3, -0.25) is 45.2 Å². The molecule has 13 rings (SSSR count). The van der Waals surface area contributed by atoms with Crippen molar-refractivity contribution in [3.05, 3.63) is 256 Å². The largest absolute Gasteiger partial charge is 0.464 e. The number of esters is 3. The number of hydrogen-bond acceptors (Lipinski definition) is 35. The maximum atomic E-state index is 13.1. The fraction of sp³-hybridized carbons (Fsp3) is 0.272. The molecule has 138 heavy (non-hydrogen) atoms. The first kappa shape index (κ1) is 110. The molecule has 9 aromatic heterocycles. The first-order valence-corrected chi connectivity index (χ1v) is 53.6. The van der Waals surface area contributed by atoms with Crippen molar-refractivity contribution in [3.8, 4) is 34.2 Å². The fourth-order valence-corrected chi connectivity index (χ4v) is 14.3. The van der Waals surface area contributed by atoms with Crippen LogP contribution in [0.5, 0.6) is 0 Å². The van der Waals surface area contributed by atoms with E-state index in [1.165, 1.54) is 117 Å². The Hall–Kier alpha value is -13.8. The van der Waals surface area contributed by atoms with Crippen LogP contribution in [0.15, 0.2) is 209 Å². The van der Waals surface area contributed by atoms with Crippen molar-refractivity contribution in [1.29, 1.82) is 0 Å². The number of ether oxygens (including phenoxy) is 7. The van der Waals surface area contributed by atoms with Gasteiger partial charge in [0, 0.05) is 38.9 Å². The standard InChI is InChI=1S/C24H27ClN6O4.C21H20ClN5O4.C17H17ClN6O.C15H15Cl2N3O2.C6H5ClN2O2.C6H5N2O2.3CH3.Sn/c1-23(2,3)34-21(32)30-19-13-26-11-17(28-19)18-12-27-14-20(29-18)31(22(33)35-24(4,5)6)16-9-7-8-15(25)10-16;1-21(2,3)31-20(29)27(14-7-5-6-13(22)8-14)18-12-24-10-16(26-18)15-9-23-11-17(25-15)19(28)30-4;18-12-3-1-4-13(7-12)22-17-11-20-9-15(24-17)14-8-19-10-16(23-14)21-5-2-6-25;1-15(2,3)22-14(21)20(11-6-4-5-10(16)7-11)13-9-18-8-12(17)19-13;1-11-6(10)4-2-8-3-5(7)9-4;1-10-6(9)5-4-7-2-3-8-5;;;;/h7-14H,1-6H3,(H,28,30,32);5-12H,1-4H3;1,3-4,7-11,25H,2,5-6H2,(H,21,23)(H,22,24);4-9H,1-3H3;2-3H,1H3;2,4H,1H3;3*1H3;. The second-order valence-corrected chi connectivity index (χ2v) is 50.1. The molecule has 0 bridgehead atoms. The van der Waals surface area contributed by atoms with Crippen LogP contribution in [0.1, 0.15) is 121 Å². The molecule has 39 nitrogen and oxygen atoms in total. The van der Waals surface area contributed by atoms with E-state index in [4.69, 9.17) is 93.7 Å². The predicted octanol–water partition coefficient (Wildman–Crippen LogP) is 20.2. The Kier molecular flexibility index (Phi) is 40.8. The topological polar surface area (TPSA) is 482 Å². The van der Waals surface area contributed by atoms with E-state index in [2.05, 4.69) is 135 Å². The number of anilines is 10. The minimum absolute atomic E-state index is 0.0195. The molecule has 722 valence electrons. The van der Waals surface area contributed by atoms with E-state index in [9.17, 15) is 33.6 Å². The van der Waals surface area contributed by atoms with E-state index in [-0.39, 0.29) is 57.3 Å². The molecule has 0 saturated heterocycles. The van der Waals surface area contributed by atoms with Crippen molar-refractivity contribution in [2.24, 2.45) is 0 Å². The Morgan fingerprint density at radius 2 is 0.681 bits per heavy atom. The van der Waals surface area contributed by atoms with Gasteiger partial charge in [-0.1, -0.05) is 93.9 Å². The number of amides is 4. The van der Waals surface area contributed by atoms with Crippen molar-refractivity contribution in [2.75, 3.05) is 65.1 Å². The number of nitrogens with one attached hydrogen (secondary N) is 3. The molecule has 0 aliphatic rings. The Balaban J connectivity index is 0.000000210. The van der Waals surface area contributed by atoms with E-state index < -0.39 is 83.1 Å². The molecule has 0 aliphatic heterocycles. The van der Waals surface area contributed by atoms with Gasteiger partial charge < -0.3 is 44.2 Å². The predicted molar refractivity (Wildman–Crippen MR) is 527 cm³/mol. The molecule has 0 atom stereocenters. The van der Waals surface area contributed by atoms with Crippen molar-refractivity contribution >= 4 is 192 Å². The molecule has 4 N–H and O–H groups in total. The summed E-state index contributed by atoms with van der Waals surface area (Å²) in [5.41, 5.74) is 2.30. The van der Waals surface area contributed by atoms with Crippen LogP contribution in [-0.2, 0) is 33.2 Å². The summed E-state index contributed by atoms with van der Waals surface area (Å²) in [4.78, 5) is 170. The van der Waals surface area contributed by atoms with Crippen LogP contribution in [0.2, 0.25) is 45.2 Å². The number of nitrogens with zero attached hydrogens (tertiary/aromatic N) is 21. The van der Waals surface area contributed by atoms with Crippen LogP contribution in [-0.4, -0.2) is 212 Å². The molecule has 0 saturated carbocycles. The molecule has 0 aliphatic carbocycles. The number of halogens is 6. The summed E-state index contributed by atoms with van der Waals surface area (Å²) >= 11 is 33.4. The Morgan fingerprint density at radius 3 is 1.07 bits per heavy atom. The molecular formula is C92H98Cl6N24O15Sn. The van der Waals surface area contributed by atoms with Gasteiger partial charge in [-0.15, -0.1) is 0 Å². The third kappa shape index (κ3) is 36.7. The molecule has 13 aromatic rings. The molecule has 0 spiro atoms. The molecular weight excluding hydrogens is 2010 g/mol. The van der Waals surface area contributed by atoms with E-state index in [1.807, 2.05) is 12.1 Å². The monoisotopic (exact) mass is 2110 g/mol. The number of rotatable bonds is 20. The van der Waals surface area contributed by atoms with Gasteiger partial charge in [0.25, 0.3) is 0 Å². The number of aromatic nitrogens is 18.